The van der Waals surface area contributed by atoms with Crippen LogP contribution in [0.15, 0.2) is 24.3 Å². The Bertz CT molecular complexity index is 617. The zero-order chi connectivity index (χ0) is 24.0. The van der Waals surface area contributed by atoms with E-state index in [0.29, 0.717) is 12.1 Å². The van der Waals surface area contributed by atoms with Crippen LogP contribution in [-0.2, 0) is 11.2 Å². The molecule has 180 valence electrons. The molecule has 1 saturated carbocycles. The lowest BCUT2D eigenvalue weighted by molar-refractivity contribution is 0.0183. The van der Waals surface area contributed by atoms with Gasteiger partial charge in [-0.1, -0.05) is 48.0 Å². The van der Waals surface area contributed by atoms with Gasteiger partial charge in [-0.15, -0.1) is 0 Å². The van der Waals surface area contributed by atoms with Gasteiger partial charge in [0.25, 0.3) is 0 Å². The third kappa shape index (κ3) is 10.1. The summed E-state index contributed by atoms with van der Waals surface area (Å²) in [5, 5.41) is 0. The van der Waals surface area contributed by atoms with Gasteiger partial charge in [0, 0.05) is 40.2 Å². The molecule has 1 aromatic rings. The summed E-state index contributed by atoms with van der Waals surface area (Å²) in [6.07, 6.45) is 5.36. The maximum Gasteiger partial charge on any atom is 0.410 e. The fraction of sp³-hybridized carbons (Fsp3) is 0.708. The third-order valence-corrected chi connectivity index (χ3v) is 5.26. The molecule has 1 aliphatic carbocycles. The van der Waals surface area contributed by atoms with E-state index in [1.807, 2.05) is 47.5 Å². The van der Waals surface area contributed by atoms with Gasteiger partial charge in [0.05, 0.1) is 0 Å². The zero-order valence-corrected chi connectivity index (χ0v) is 23.3. The Morgan fingerprint density at radius 1 is 1.16 bits per heavy atom. The maximum atomic E-state index is 12.3. The Labute approximate surface area is 200 Å². The van der Waals surface area contributed by atoms with E-state index in [1.165, 1.54) is 11.3 Å². The van der Waals surface area contributed by atoms with E-state index < -0.39 is 5.60 Å². The van der Waals surface area contributed by atoms with Crippen molar-refractivity contribution in [1.82, 2.24) is 4.90 Å². The van der Waals surface area contributed by atoms with Crippen LogP contribution in [0.5, 0.6) is 0 Å². The molecule has 1 amide bonds. The van der Waals surface area contributed by atoms with E-state index in [2.05, 4.69) is 45.1 Å². The lowest BCUT2D eigenvalue weighted by Crippen LogP contribution is -2.45. The molecule has 1 fully saturated rings. The number of nitrogens with zero attached hydrogens (tertiary/aromatic N) is 2. The summed E-state index contributed by atoms with van der Waals surface area (Å²) in [5.74, 6) is 1.81. The Balaban J connectivity index is 0.00000116. The predicted molar refractivity (Wildman–Crippen MR) is 140 cm³/mol. The van der Waals surface area contributed by atoms with Gasteiger partial charge in [-0.25, -0.2) is 4.79 Å². The normalized spacial score (nSPS) is 19.7. The molecule has 0 spiro atoms. The Hall–Kier alpha value is -0.840. The zero-order valence-electron chi connectivity index (χ0n) is 20.7. The highest BCUT2D eigenvalue weighted by molar-refractivity contribution is 9.08. The van der Waals surface area contributed by atoms with E-state index in [1.54, 1.807) is 11.6 Å². The van der Waals surface area contributed by atoms with Crippen LogP contribution in [0.3, 0.4) is 0 Å². The minimum absolute atomic E-state index is 0.0833. The summed E-state index contributed by atoms with van der Waals surface area (Å²) in [5.41, 5.74) is 2.47. The van der Waals surface area contributed by atoms with Crippen molar-refractivity contribution in [1.29, 1.82) is 0 Å². The average molecular weight is 520 g/mol. The molecule has 1 aromatic carbocycles. The molecule has 1 atom stereocenters. The van der Waals surface area contributed by atoms with Crippen molar-refractivity contribution in [3.63, 3.8) is 0 Å². The molecule has 3 rings (SSSR count). The highest BCUT2D eigenvalue weighted by Gasteiger charge is 2.33. The second-order valence-corrected chi connectivity index (χ2v) is 8.80. The number of rotatable bonds is 2. The van der Waals surface area contributed by atoms with Gasteiger partial charge < -0.3 is 19.4 Å². The predicted octanol–water partition coefficient (Wildman–Crippen LogP) is 6.47. The molecule has 5 nitrogen and oxygen atoms in total. The van der Waals surface area contributed by atoms with E-state index in [4.69, 9.17) is 9.63 Å². The first-order chi connectivity index (χ1) is 14.8. The quantitative estimate of drug-likeness (QED) is 0.360. The van der Waals surface area contributed by atoms with Crippen molar-refractivity contribution in [2.24, 2.45) is 0 Å². The van der Waals surface area contributed by atoms with Gasteiger partial charge >= 0.3 is 6.09 Å². The van der Waals surface area contributed by atoms with Crippen LogP contribution in [0.25, 0.3) is 0 Å². The number of hydrogen-bond acceptors (Lipinski definition) is 4. The Kier molecular flexibility index (Phi) is 15.4. The summed E-state index contributed by atoms with van der Waals surface area (Å²) in [7, 11) is 1.96. The first-order valence-electron chi connectivity index (χ1n) is 11.3. The van der Waals surface area contributed by atoms with E-state index in [0.717, 1.165) is 38.6 Å². The number of hydrogen-bond donors (Lipinski definition) is 1. The SMILES string of the molecule is CBr.CC.CN(C(=O)OC(C)(C)C)C1CCC(N2CCc3ccccc32)CC1.CPO. The monoisotopic (exact) mass is 518 g/mol. The fourth-order valence-electron chi connectivity index (χ4n) is 3.98. The average Bonchev–Trinajstić information content (AvgIpc) is 3.20. The number of amides is 1. The molecule has 2 aliphatic rings. The number of anilines is 1. The number of ether oxygens (including phenoxy) is 1. The number of benzene rings is 1. The molecule has 1 N–H and O–H groups in total. The van der Waals surface area contributed by atoms with Crippen LogP contribution in [-0.4, -0.2) is 59.7 Å². The minimum Gasteiger partial charge on any atom is -0.444 e. The molecule has 1 heterocycles. The fourth-order valence-corrected chi connectivity index (χ4v) is 3.98. The van der Waals surface area contributed by atoms with Crippen molar-refractivity contribution in [3.8, 4) is 0 Å². The summed E-state index contributed by atoms with van der Waals surface area (Å²) in [6.45, 7) is 12.6. The van der Waals surface area contributed by atoms with Crippen molar-refractivity contribution in [3.05, 3.63) is 29.8 Å². The summed E-state index contributed by atoms with van der Waals surface area (Å²) in [6, 6.07) is 9.68. The highest BCUT2D eigenvalue weighted by Crippen LogP contribution is 2.35. The number of fused-ring (bicyclic) bond motifs is 1. The molecular formula is C24H44BrN2O3P. The molecule has 31 heavy (non-hydrogen) atoms. The van der Waals surface area contributed by atoms with Crippen molar-refractivity contribution in [2.75, 3.05) is 31.0 Å². The van der Waals surface area contributed by atoms with E-state index in [9.17, 15) is 4.79 Å². The maximum absolute atomic E-state index is 12.3. The first-order valence-corrected chi connectivity index (χ1v) is 14.3. The largest absolute Gasteiger partial charge is 0.444 e. The second-order valence-electron chi connectivity index (χ2n) is 8.35. The van der Waals surface area contributed by atoms with Gasteiger partial charge in [-0.2, -0.15) is 0 Å². The van der Waals surface area contributed by atoms with Crippen LogP contribution in [0, 0.1) is 0 Å². The second kappa shape index (κ2) is 15.9. The lowest BCUT2D eigenvalue weighted by atomic mass is 9.89. The summed E-state index contributed by atoms with van der Waals surface area (Å²) in [4.78, 5) is 24.2. The van der Waals surface area contributed by atoms with Gasteiger partial charge in [-0.05, 0) is 77.0 Å². The molecule has 1 unspecified atom stereocenters. The van der Waals surface area contributed by atoms with Gasteiger partial charge in [0.1, 0.15) is 5.60 Å². The van der Waals surface area contributed by atoms with Crippen molar-refractivity contribution < 1.29 is 14.4 Å². The number of carbonyl (C=O) groups is 1. The third-order valence-electron chi connectivity index (χ3n) is 5.26. The molecule has 1 aliphatic heterocycles. The lowest BCUT2D eigenvalue weighted by Gasteiger charge is -2.39. The van der Waals surface area contributed by atoms with Crippen LogP contribution >= 0.6 is 24.7 Å². The molecule has 0 aromatic heterocycles. The van der Waals surface area contributed by atoms with E-state index >= 15 is 0 Å². The highest BCUT2D eigenvalue weighted by atomic mass is 79.9. The van der Waals surface area contributed by atoms with Crippen LogP contribution < -0.4 is 4.90 Å². The van der Waals surface area contributed by atoms with Crippen LogP contribution in [0.1, 0.15) is 65.9 Å². The number of carbonyl (C=O) groups excluding carboxylic acids is 1. The Morgan fingerprint density at radius 3 is 2.19 bits per heavy atom. The number of alkyl halides is 1. The van der Waals surface area contributed by atoms with Crippen LogP contribution in [0.2, 0.25) is 0 Å². The van der Waals surface area contributed by atoms with Crippen LogP contribution in [0.4, 0.5) is 10.5 Å². The molecule has 0 saturated heterocycles. The van der Waals surface area contributed by atoms with Crippen molar-refractivity contribution in [2.45, 2.75) is 84.4 Å². The molecule has 0 radical (unpaired) electrons. The molecule has 0 bridgehead atoms. The smallest absolute Gasteiger partial charge is 0.410 e. The topological polar surface area (TPSA) is 53.0 Å². The van der Waals surface area contributed by atoms with Gasteiger partial charge in [0.2, 0.25) is 0 Å². The summed E-state index contributed by atoms with van der Waals surface area (Å²) < 4.78 is 5.50. The van der Waals surface area contributed by atoms with Crippen molar-refractivity contribution >= 4 is 36.5 Å². The summed E-state index contributed by atoms with van der Waals surface area (Å²) >= 11 is 2.94. The molecular weight excluding hydrogens is 475 g/mol. The molecule has 7 heteroatoms. The van der Waals surface area contributed by atoms with Gasteiger partial charge in [-0.3, -0.25) is 0 Å². The number of halogens is 1. The minimum atomic E-state index is -0.429. The standard InChI is InChI=1S/C20H30N2O2.C2H6.CH3Br.CH5OP/c1-20(2,3)24-19(23)21(4)16-9-11-17(12-10-16)22-14-13-15-7-5-6-8-18(15)22;2*1-2;1-3-2/h5-8,16-17H,9-14H2,1-4H3;1-2H3;1H3;2-3H,1H3. The first kappa shape index (κ1) is 30.2. The van der Waals surface area contributed by atoms with Gasteiger partial charge in [0.15, 0.2) is 0 Å². The Morgan fingerprint density at radius 2 is 1.68 bits per heavy atom. The number of para-hydroxylation sites is 1. The van der Waals surface area contributed by atoms with E-state index in [-0.39, 0.29) is 14.9 Å².